The number of aryl methyl sites for hydroxylation is 3. The number of aromatic nitrogens is 4. The van der Waals surface area contributed by atoms with Crippen LogP contribution in [0, 0.1) is 26.7 Å². The van der Waals surface area contributed by atoms with Crippen LogP contribution in [0.2, 0.25) is 0 Å². The Labute approximate surface area is 229 Å². The summed E-state index contributed by atoms with van der Waals surface area (Å²) < 4.78 is 21.7. The minimum atomic E-state index is -0.739. The maximum Gasteiger partial charge on any atom is 0.253 e. The van der Waals surface area contributed by atoms with Crippen molar-refractivity contribution in [2.75, 3.05) is 31.1 Å². The molecule has 1 atom stereocenters. The predicted molar refractivity (Wildman–Crippen MR) is 148 cm³/mol. The van der Waals surface area contributed by atoms with Crippen LogP contribution in [0.25, 0.3) is 5.78 Å². The number of ether oxygens (including phenoxy) is 1. The van der Waals surface area contributed by atoms with Crippen molar-refractivity contribution in [3.8, 4) is 5.75 Å². The number of amides is 1. The highest BCUT2D eigenvalue weighted by Gasteiger charge is 2.32. The molecule has 2 saturated heterocycles. The van der Waals surface area contributed by atoms with Crippen LogP contribution in [0.4, 0.5) is 10.1 Å². The van der Waals surface area contributed by atoms with E-state index in [1.54, 1.807) is 4.52 Å². The summed E-state index contributed by atoms with van der Waals surface area (Å²) in [6.45, 7) is 8.79. The van der Waals surface area contributed by atoms with Crippen LogP contribution < -0.4 is 9.64 Å². The monoisotopic (exact) mass is 534 g/mol. The van der Waals surface area contributed by atoms with Gasteiger partial charge in [0.25, 0.3) is 5.78 Å². The van der Waals surface area contributed by atoms with Crippen molar-refractivity contribution in [2.24, 2.45) is 5.92 Å². The number of benzene rings is 1. The Morgan fingerprint density at radius 1 is 0.923 bits per heavy atom. The number of carbonyl (C=O) groups is 1. The Balaban J connectivity index is 1.03. The molecule has 2 aromatic heterocycles. The number of halogens is 1. The number of fused-ring (bicyclic) bond motifs is 1. The number of alkyl halides is 1. The lowest BCUT2D eigenvalue weighted by Crippen LogP contribution is -2.43. The first-order chi connectivity index (χ1) is 18.9. The molecule has 0 N–H and O–H groups in total. The second-order valence-corrected chi connectivity index (χ2v) is 11.6. The van der Waals surface area contributed by atoms with Gasteiger partial charge in [-0.25, -0.2) is 9.37 Å². The molecule has 0 spiro atoms. The third-order valence-electron chi connectivity index (χ3n) is 8.91. The summed E-state index contributed by atoms with van der Waals surface area (Å²) in [5.74, 6) is 2.98. The molecule has 1 aromatic carbocycles. The van der Waals surface area contributed by atoms with Crippen molar-refractivity contribution in [3.63, 3.8) is 0 Å². The normalized spacial score (nSPS) is 24.5. The molecule has 3 fully saturated rings. The number of rotatable bonds is 5. The molecule has 1 saturated carbocycles. The van der Waals surface area contributed by atoms with E-state index in [1.165, 1.54) is 11.3 Å². The zero-order valence-electron chi connectivity index (χ0n) is 23.3. The van der Waals surface area contributed by atoms with Crippen molar-refractivity contribution in [1.29, 1.82) is 0 Å². The molecular formula is C30H39FN6O2. The van der Waals surface area contributed by atoms with Gasteiger partial charge in [0, 0.05) is 37.7 Å². The minimum absolute atomic E-state index is 0.0921. The zero-order chi connectivity index (χ0) is 27.1. The Morgan fingerprint density at radius 3 is 2.36 bits per heavy atom. The van der Waals surface area contributed by atoms with Crippen LogP contribution in [-0.4, -0.2) is 68.8 Å². The molecule has 0 bridgehead atoms. The largest absolute Gasteiger partial charge is 0.485 e. The van der Waals surface area contributed by atoms with E-state index in [9.17, 15) is 9.18 Å². The molecule has 4 heterocycles. The van der Waals surface area contributed by atoms with Crippen LogP contribution in [0.5, 0.6) is 5.75 Å². The molecule has 8 nitrogen and oxygen atoms in total. The standard InChI is InChI=1S/C30H39FN6O2/c1-19-28(20(2)37-30(32-19)33-21(3)34-37)39-27-14-17-36(18-27)26-10-8-23(9-11-26)22-4-6-24(7-5-22)29(38)35-15-12-25(31)13-16-35/h8-11,22,24-25,27H,4-7,12-18H2,1-3H3/t22-,24-,27-/m1/s1. The van der Waals surface area contributed by atoms with Crippen molar-refractivity contribution >= 4 is 17.4 Å². The molecule has 0 unspecified atom stereocenters. The van der Waals surface area contributed by atoms with E-state index in [-0.39, 0.29) is 17.9 Å². The van der Waals surface area contributed by atoms with Crippen molar-refractivity contribution in [2.45, 2.75) is 83.9 Å². The Bertz CT molecular complexity index is 1330. The van der Waals surface area contributed by atoms with Gasteiger partial charge in [-0.1, -0.05) is 12.1 Å². The first kappa shape index (κ1) is 26.0. The van der Waals surface area contributed by atoms with Crippen molar-refractivity contribution in [1.82, 2.24) is 24.5 Å². The van der Waals surface area contributed by atoms with Crippen LogP contribution in [0.3, 0.4) is 0 Å². The molecule has 2 aliphatic heterocycles. The Kier molecular flexibility index (Phi) is 7.16. The van der Waals surface area contributed by atoms with E-state index in [2.05, 4.69) is 44.2 Å². The lowest BCUT2D eigenvalue weighted by molar-refractivity contribution is -0.138. The van der Waals surface area contributed by atoms with Gasteiger partial charge >= 0.3 is 0 Å². The number of carbonyl (C=O) groups excluding carboxylic acids is 1. The number of hydrogen-bond donors (Lipinski definition) is 0. The Morgan fingerprint density at radius 2 is 1.64 bits per heavy atom. The van der Waals surface area contributed by atoms with Crippen LogP contribution in [0.15, 0.2) is 24.3 Å². The highest BCUT2D eigenvalue weighted by Crippen LogP contribution is 2.38. The van der Waals surface area contributed by atoms with E-state index < -0.39 is 6.17 Å². The second-order valence-electron chi connectivity index (χ2n) is 11.6. The summed E-state index contributed by atoms with van der Waals surface area (Å²) in [4.78, 5) is 26.2. The van der Waals surface area contributed by atoms with Gasteiger partial charge in [0.05, 0.1) is 17.9 Å². The van der Waals surface area contributed by atoms with Gasteiger partial charge in [-0.2, -0.15) is 9.50 Å². The third kappa shape index (κ3) is 5.32. The van der Waals surface area contributed by atoms with E-state index in [1.807, 2.05) is 25.7 Å². The lowest BCUT2D eigenvalue weighted by atomic mass is 9.78. The maximum absolute atomic E-state index is 13.5. The zero-order valence-corrected chi connectivity index (χ0v) is 23.3. The van der Waals surface area contributed by atoms with Gasteiger partial charge in [-0.15, -0.1) is 5.10 Å². The van der Waals surface area contributed by atoms with Crippen LogP contribution in [0.1, 0.15) is 73.6 Å². The molecule has 1 amide bonds. The molecule has 9 heteroatoms. The summed E-state index contributed by atoms with van der Waals surface area (Å²) in [7, 11) is 0. The summed E-state index contributed by atoms with van der Waals surface area (Å²) in [5, 5.41) is 4.46. The van der Waals surface area contributed by atoms with Gasteiger partial charge in [0.15, 0.2) is 5.75 Å². The summed E-state index contributed by atoms with van der Waals surface area (Å²) in [6.07, 6.45) is 5.23. The van der Waals surface area contributed by atoms with Gasteiger partial charge < -0.3 is 14.5 Å². The van der Waals surface area contributed by atoms with Gasteiger partial charge in [-0.3, -0.25) is 4.79 Å². The Hall–Kier alpha value is -3.23. The molecule has 208 valence electrons. The number of anilines is 1. The number of hydrogen-bond acceptors (Lipinski definition) is 6. The van der Waals surface area contributed by atoms with Crippen molar-refractivity contribution < 1.29 is 13.9 Å². The van der Waals surface area contributed by atoms with Crippen LogP contribution in [-0.2, 0) is 4.79 Å². The number of likely N-dealkylation sites (tertiary alicyclic amines) is 1. The molecule has 39 heavy (non-hydrogen) atoms. The van der Waals surface area contributed by atoms with E-state index >= 15 is 0 Å². The topological polar surface area (TPSA) is 75.9 Å². The smallest absolute Gasteiger partial charge is 0.253 e. The number of nitrogens with zero attached hydrogens (tertiary/aromatic N) is 6. The van der Waals surface area contributed by atoms with E-state index in [0.717, 1.165) is 62.3 Å². The summed E-state index contributed by atoms with van der Waals surface area (Å²) >= 11 is 0. The summed E-state index contributed by atoms with van der Waals surface area (Å²) in [5.41, 5.74) is 4.36. The molecule has 3 aliphatic rings. The number of piperidine rings is 1. The predicted octanol–water partition coefficient (Wildman–Crippen LogP) is 4.94. The van der Waals surface area contributed by atoms with E-state index in [4.69, 9.17) is 4.74 Å². The minimum Gasteiger partial charge on any atom is -0.485 e. The van der Waals surface area contributed by atoms with Crippen LogP contribution >= 0.6 is 0 Å². The third-order valence-corrected chi connectivity index (χ3v) is 8.91. The summed E-state index contributed by atoms with van der Waals surface area (Å²) in [6, 6.07) is 9.00. The molecule has 0 radical (unpaired) electrons. The van der Waals surface area contributed by atoms with Gasteiger partial charge in [-0.05, 0) is 82.9 Å². The van der Waals surface area contributed by atoms with Gasteiger partial charge in [0.1, 0.15) is 18.1 Å². The fraction of sp³-hybridized carbons (Fsp3) is 0.600. The average molecular weight is 535 g/mol. The maximum atomic E-state index is 13.5. The molecule has 1 aliphatic carbocycles. The first-order valence-corrected chi connectivity index (χ1v) is 14.5. The quantitative estimate of drug-likeness (QED) is 0.462. The highest BCUT2D eigenvalue weighted by atomic mass is 19.1. The molecule has 6 rings (SSSR count). The second kappa shape index (κ2) is 10.7. The van der Waals surface area contributed by atoms with Crippen molar-refractivity contribution in [3.05, 3.63) is 47.0 Å². The highest BCUT2D eigenvalue weighted by molar-refractivity contribution is 5.79. The molecule has 3 aromatic rings. The first-order valence-electron chi connectivity index (χ1n) is 14.5. The molecular weight excluding hydrogens is 495 g/mol. The lowest BCUT2D eigenvalue weighted by Gasteiger charge is -2.35. The van der Waals surface area contributed by atoms with Gasteiger partial charge in [0.2, 0.25) is 5.91 Å². The fourth-order valence-electron chi connectivity index (χ4n) is 6.61. The average Bonchev–Trinajstić information content (AvgIpc) is 3.57. The SMILES string of the molecule is Cc1nc2nc(C)c(O[C@@H]3CCN(c4ccc([C@H]5CC[C@H](C(=O)N6CCC(F)CC6)CC5)cc4)C3)c(C)n2n1. The fourth-order valence-corrected chi connectivity index (χ4v) is 6.61. The van der Waals surface area contributed by atoms with E-state index in [0.29, 0.717) is 43.5 Å².